The second kappa shape index (κ2) is 12.4. The summed E-state index contributed by atoms with van der Waals surface area (Å²) in [4.78, 5) is 6.39. The van der Waals surface area contributed by atoms with E-state index in [1.54, 1.807) is 11.3 Å². The van der Waals surface area contributed by atoms with Gasteiger partial charge in [0.2, 0.25) is 0 Å². The van der Waals surface area contributed by atoms with Gasteiger partial charge in [-0.25, -0.2) is 10.1 Å². The van der Waals surface area contributed by atoms with Gasteiger partial charge in [-0.1, -0.05) is 46.1 Å². The normalized spacial score (nSPS) is 38.0. The summed E-state index contributed by atoms with van der Waals surface area (Å²) in [7, 11) is 0. The molecular formula is C47H59N3O. The van der Waals surface area contributed by atoms with E-state index in [0.717, 1.165) is 48.5 Å². The monoisotopic (exact) mass is 681 g/mol. The molecule has 7 saturated carbocycles. The van der Waals surface area contributed by atoms with Crippen molar-refractivity contribution in [1.29, 1.82) is 5.26 Å². The van der Waals surface area contributed by atoms with Crippen LogP contribution in [0, 0.1) is 51.9 Å². The number of ether oxygens (including phenoxy) is 1. The first kappa shape index (κ1) is 33.6. The predicted molar refractivity (Wildman–Crippen MR) is 206 cm³/mol. The van der Waals surface area contributed by atoms with Gasteiger partial charge in [-0.05, 0) is 189 Å². The highest BCUT2D eigenvalue weighted by Gasteiger charge is 2.56. The molecule has 7 fully saturated rings. The Morgan fingerprint density at radius 3 is 2.29 bits per heavy atom. The Labute approximate surface area is 307 Å². The molecule has 4 nitrogen and oxygen atoms in total. The first-order chi connectivity index (χ1) is 24.7. The highest BCUT2D eigenvalue weighted by atomic mass is 16.5. The van der Waals surface area contributed by atoms with Crippen LogP contribution in [0.3, 0.4) is 0 Å². The van der Waals surface area contributed by atoms with Crippen molar-refractivity contribution in [2.24, 2.45) is 34.0 Å². The highest BCUT2D eigenvalue weighted by Crippen LogP contribution is 2.67. The molecule has 6 bridgehead atoms. The van der Waals surface area contributed by atoms with E-state index in [2.05, 4.69) is 66.9 Å². The van der Waals surface area contributed by atoms with Gasteiger partial charge in [-0.3, -0.25) is 0 Å². The van der Waals surface area contributed by atoms with Gasteiger partial charge in [0.05, 0.1) is 12.6 Å². The summed E-state index contributed by atoms with van der Waals surface area (Å²) in [6, 6.07) is 7.25. The molecule has 3 aliphatic heterocycles. The maximum Gasteiger partial charge on any atom is 0.269 e. The minimum Gasteiger partial charge on any atom is -0.461 e. The van der Waals surface area contributed by atoms with Crippen molar-refractivity contribution in [3.8, 4) is 6.07 Å². The lowest BCUT2D eigenvalue weighted by Crippen LogP contribution is -2.51. The molecule has 10 aliphatic rings. The van der Waals surface area contributed by atoms with Crippen LogP contribution >= 0.6 is 0 Å². The standard InChI is InChI=1S/C47H59N3O/c1-5-6-7-11-45-12-15-46(16-13-45,17-14-45)42-27-36(41(31-48)49-4)26-37(51-42)9-8-32-24-38-39(47-28-33-21-34(29-47)23-35(22-33)30-47)10-19-50-20-18-44(2,3)40(25-32)43(38)50/h8-9,24-27,33-35,39H,5-7,10-23,28-30H2,1-3H3/b9-8+,41-36+. The lowest BCUT2D eigenvalue weighted by atomic mass is 9.45. The number of anilines is 1. The number of allylic oxidation sites excluding steroid dienone is 6. The molecule has 3 heterocycles. The second-order valence-corrected chi connectivity index (χ2v) is 19.5. The number of unbranched alkanes of at least 4 members (excludes halogenated alkanes) is 2. The fraction of sp³-hybridized carbons (Fsp3) is 0.660. The Morgan fingerprint density at radius 1 is 0.941 bits per heavy atom. The summed E-state index contributed by atoms with van der Waals surface area (Å²) in [5, 5.41) is 9.95. The minimum atomic E-state index is 0.0161. The zero-order chi connectivity index (χ0) is 35.0. The van der Waals surface area contributed by atoms with Crippen LogP contribution in [0.15, 0.2) is 53.1 Å². The maximum atomic E-state index is 9.95. The molecular weight excluding hydrogens is 623 g/mol. The summed E-state index contributed by atoms with van der Waals surface area (Å²) >= 11 is 0. The van der Waals surface area contributed by atoms with Crippen molar-refractivity contribution in [2.45, 2.75) is 148 Å². The fourth-order valence-electron chi connectivity index (χ4n) is 13.6. The Hall–Kier alpha value is -3.24. The summed E-state index contributed by atoms with van der Waals surface area (Å²) in [6.45, 7) is 17.4. The van der Waals surface area contributed by atoms with Crippen molar-refractivity contribution in [2.75, 3.05) is 18.0 Å². The molecule has 7 aliphatic carbocycles. The van der Waals surface area contributed by atoms with Gasteiger partial charge in [-0.2, -0.15) is 0 Å². The van der Waals surface area contributed by atoms with E-state index in [0.29, 0.717) is 22.3 Å². The van der Waals surface area contributed by atoms with Crippen LogP contribution < -0.4 is 4.90 Å². The minimum absolute atomic E-state index is 0.0161. The number of fused-ring (bicyclic) bond motifs is 3. The first-order valence-corrected chi connectivity index (χ1v) is 20.9. The SMILES string of the molecule is [C-]#[N+]/C(C#N)=C1C=C(/C=C/c2cc3c4c(c2)C(C)(C)CCN4CCC3C23CC4CC(CC(C4)C2)C3)OC(C23CCC(CCCCC)(CC2)CC3)=C\1. The zero-order valence-electron chi connectivity index (χ0n) is 31.7. The van der Waals surface area contributed by atoms with Crippen molar-refractivity contribution in [1.82, 2.24) is 0 Å². The first-order valence-electron chi connectivity index (χ1n) is 20.9. The van der Waals surface area contributed by atoms with Crippen molar-refractivity contribution < 1.29 is 4.74 Å². The molecule has 1 aromatic rings. The molecule has 0 amide bonds. The van der Waals surface area contributed by atoms with Crippen LogP contribution in [0.2, 0.25) is 0 Å². The van der Waals surface area contributed by atoms with Crippen molar-refractivity contribution in [3.05, 3.63) is 81.3 Å². The van der Waals surface area contributed by atoms with E-state index in [-0.39, 0.29) is 16.5 Å². The molecule has 0 N–H and O–H groups in total. The van der Waals surface area contributed by atoms with E-state index in [1.165, 1.54) is 121 Å². The van der Waals surface area contributed by atoms with Crippen molar-refractivity contribution >= 4 is 11.8 Å². The van der Waals surface area contributed by atoms with Gasteiger partial charge in [0.1, 0.15) is 11.5 Å². The van der Waals surface area contributed by atoms with Crippen LogP contribution in [0.25, 0.3) is 10.9 Å². The molecule has 1 atom stereocenters. The Balaban J connectivity index is 1.04. The number of nitriles is 1. The van der Waals surface area contributed by atoms with Gasteiger partial charge >= 0.3 is 0 Å². The number of hydrogen-bond acceptors (Lipinski definition) is 3. The van der Waals surface area contributed by atoms with Crippen LogP contribution in [-0.4, -0.2) is 13.1 Å². The smallest absolute Gasteiger partial charge is 0.269 e. The van der Waals surface area contributed by atoms with E-state index >= 15 is 0 Å². The molecule has 11 rings (SSSR count). The van der Waals surface area contributed by atoms with Gasteiger partial charge < -0.3 is 9.64 Å². The summed E-state index contributed by atoms with van der Waals surface area (Å²) < 4.78 is 6.87. The molecule has 0 spiro atoms. The summed E-state index contributed by atoms with van der Waals surface area (Å²) in [6.07, 6.45) is 32.4. The van der Waals surface area contributed by atoms with E-state index in [9.17, 15) is 5.26 Å². The lowest BCUT2D eigenvalue weighted by Gasteiger charge is -2.61. The Morgan fingerprint density at radius 2 is 1.65 bits per heavy atom. The van der Waals surface area contributed by atoms with E-state index in [1.807, 2.05) is 6.08 Å². The molecule has 1 aromatic carbocycles. The average Bonchev–Trinajstić information content (AvgIpc) is 3.13. The number of benzene rings is 1. The van der Waals surface area contributed by atoms with Crippen molar-refractivity contribution in [3.63, 3.8) is 0 Å². The zero-order valence-corrected chi connectivity index (χ0v) is 31.7. The second-order valence-electron chi connectivity index (χ2n) is 19.5. The molecule has 1 unspecified atom stereocenters. The van der Waals surface area contributed by atoms with Gasteiger partial charge in [0.25, 0.3) is 5.70 Å². The van der Waals surface area contributed by atoms with Crippen LogP contribution in [0.4, 0.5) is 5.69 Å². The third-order valence-corrected chi connectivity index (χ3v) is 16.1. The van der Waals surface area contributed by atoms with E-state index < -0.39 is 0 Å². The third-order valence-electron chi connectivity index (χ3n) is 16.1. The van der Waals surface area contributed by atoms with E-state index in [4.69, 9.17) is 11.3 Å². The predicted octanol–water partition coefficient (Wildman–Crippen LogP) is 12.3. The topological polar surface area (TPSA) is 40.6 Å². The molecule has 0 radical (unpaired) electrons. The lowest BCUT2D eigenvalue weighted by molar-refractivity contribution is -0.0704. The number of rotatable bonds is 8. The number of hydrogen-bond donors (Lipinski definition) is 0. The average molecular weight is 682 g/mol. The summed E-state index contributed by atoms with van der Waals surface area (Å²) in [5.74, 6) is 5.31. The molecule has 0 aromatic heterocycles. The molecule has 4 heteroatoms. The largest absolute Gasteiger partial charge is 0.461 e. The van der Waals surface area contributed by atoms with Crippen LogP contribution in [0.1, 0.15) is 159 Å². The molecule has 268 valence electrons. The summed E-state index contributed by atoms with van der Waals surface area (Å²) in [5.41, 5.74) is 8.07. The maximum absolute atomic E-state index is 9.95. The number of nitrogens with zero attached hydrogens (tertiary/aromatic N) is 3. The Bertz CT molecular complexity index is 1730. The molecule has 51 heavy (non-hydrogen) atoms. The quantitative estimate of drug-likeness (QED) is 0.156. The van der Waals surface area contributed by atoms with Gasteiger partial charge in [-0.15, -0.1) is 0 Å². The van der Waals surface area contributed by atoms with Crippen LogP contribution in [-0.2, 0) is 10.2 Å². The van der Waals surface area contributed by atoms with Gasteiger partial charge in [0.15, 0.2) is 0 Å². The molecule has 0 saturated heterocycles. The highest BCUT2D eigenvalue weighted by molar-refractivity contribution is 5.72. The fourth-order valence-corrected chi connectivity index (χ4v) is 13.6. The van der Waals surface area contributed by atoms with Gasteiger partial charge in [0, 0.05) is 24.2 Å². The third kappa shape index (κ3) is 5.65. The Kier molecular flexibility index (Phi) is 8.18. The van der Waals surface area contributed by atoms with Crippen LogP contribution in [0.5, 0.6) is 0 Å².